The SMILES string of the molecule is COc1c(C)cc(C(C)(C)C)cc1CCN1CCOCC1.I.I. The molecule has 1 aliphatic heterocycles. The average molecular weight is 547 g/mol. The summed E-state index contributed by atoms with van der Waals surface area (Å²) in [6.45, 7) is 13.8. The summed E-state index contributed by atoms with van der Waals surface area (Å²) in [5.41, 5.74) is 4.12. The van der Waals surface area contributed by atoms with Crippen molar-refractivity contribution in [1.29, 1.82) is 0 Å². The Balaban J connectivity index is 0.00000242. The maximum absolute atomic E-state index is 5.64. The summed E-state index contributed by atoms with van der Waals surface area (Å²) in [5.74, 6) is 1.05. The molecule has 5 heteroatoms. The average Bonchev–Trinajstić information content (AvgIpc) is 2.44. The van der Waals surface area contributed by atoms with Gasteiger partial charge < -0.3 is 9.47 Å². The Morgan fingerprint density at radius 2 is 1.74 bits per heavy atom. The zero-order valence-corrected chi connectivity index (χ0v) is 19.6. The van der Waals surface area contributed by atoms with Crippen LogP contribution in [0.25, 0.3) is 0 Å². The van der Waals surface area contributed by atoms with Crippen molar-refractivity contribution in [3.05, 3.63) is 28.8 Å². The Kier molecular flexibility index (Phi) is 10.6. The van der Waals surface area contributed by atoms with Gasteiger partial charge in [0.05, 0.1) is 20.3 Å². The van der Waals surface area contributed by atoms with Crippen LogP contribution in [0.15, 0.2) is 12.1 Å². The predicted octanol–water partition coefficient (Wildman–Crippen LogP) is 4.41. The summed E-state index contributed by atoms with van der Waals surface area (Å²) >= 11 is 0. The van der Waals surface area contributed by atoms with E-state index in [0.29, 0.717) is 0 Å². The van der Waals surface area contributed by atoms with E-state index in [-0.39, 0.29) is 53.4 Å². The molecule has 0 amide bonds. The molecule has 0 N–H and O–H groups in total. The Morgan fingerprint density at radius 1 is 1.13 bits per heavy atom. The number of aryl methyl sites for hydroxylation is 1. The van der Waals surface area contributed by atoms with E-state index in [0.717, 1.165) is 45.0 Å². The van der Waals surface area contributed by atoms with Crippen LogP contribution in [0.3, 0.4) is 0 Å². The van der Waals surface area contributed by atoms with E-state index in [2.05, 4.69) is 44.7 Å². The van der Waals surface area contributed by atoms with Crippen LogP contribution in [0.4, 0.5) is 0 Å². The third kappa shape index (κ3) is 6.66. The summed E-state index contributed by atoms with van der Waals surface area (Å²) in [6, 6.07) is 4.59. The highest BCUT2D eigenvalue weighted by Crippen LogP contribution is 2.31. The van der Waals surface area contributed by atoms with Crippen LogP contribution >= 0.6 is 48.0 Å². The minimum Gasteiger partial charge on any atom is -0.496 e. The quantitative estimate of drug-likeness (QED) is 0.522. The van der Waals surface area contributed by atoms with Gasteiger partial charge in [0.25, 0.3) is 0 Å². The summed E-state index contributed by atoms with van der Waals surface area (Å²) in [5, 5.41) is 0. The van der Waals surface area contributed by atoms with E-state index in [1.165, 1.54) is 16.7 Å². The Morgan fingerprint density at radius 3 is 2.26 bits per heavy atom. The van der Waals surface area contributed by atoms with Gasteiger partial charge in [-0.1, -0.05) is 32.9 Å². The fourth-order valence-corrected chi connectivity index (χ4v) is 2.86. The van der Waals surface area contributed by atoms with Gasteiger partial charge in [-0.15, -0.1) is 48.0 Å². The van der Waals surface area contributed by atoms with Crippen molar-refractivity contribution in [2.45, 2.75) is 39.5 Å². The zero-order chi connectivity index (χ0) is 15.5. The minimum absolute atomic E-state index is 0. The fraction of sp³-hybridized carbons (Fsp3) is 0.667. The van der Waals surface area contributed by atoms with Gasteiger partial charge in [-0.25, -0.2) is 0 Å². The first-order valence-electron chi connectivity index (χ1n) is 7.90. The number of methoxy groups -OCH3 is 1. The van der Waals surface area contributed by atoms with Crippen molar-refractivity contribution in [2.24, 2.45) is 0 Å². The molecule has 0 radical (unpaired) electrons. The lowest BCUT2D eigenvalue weighted by molar-refractivity contribution is 0.0384. The molecule has 134 valence electrons. The van der Waals surface area contributed by atoms with Crippen molar-refractivity contribution in [2.75, 3.05) is 40.0 Å². The number of morpholine rings is 1. The zero-order valence-electron chi connectivity index (χ0n) is 15.0. The van der Waals surface area contributed by atoms with Crippen LogP contribution in [-0.2, 0) is 16.6 Å². The van der Waals surface area contributed by atoms with Crippen LogP contribution in [0.2, 0.25) is 0 Å². The molecule has 1 aromatic rings. The number of nitrogens with zero attached hydrogens (tertiary/aromatic N) is 1. The van der Waals surface area contributed by atoms with Crippen LogP contribution in [0, 0.1) is 6.92 Å². The number of ether oxygens (including phenoxy) is 2. The van der Waals surface area contributed by atoms with E-state index in [1.807, 2.05) is 0 Å². The normalized spacial score (nSPS) is 15.5. The van der Waals surface area contributed by atoms with E-state index < -0.39 is 0 Å². The number of benzene rings is 1. The molecule has 1 heterocycles. The second-order valence-corrected chi connectivity index (χ2v) is 6.94. The molecule has 1 aliphatic rings. The van der Waals surface area contributed by atoms with Crippen LogP contribution in [0.1, 0.15) is 37.5 Å². The molecule has 23 heavy (non-hydrogen) atoms. The highest BCUT2D eigenvalue weighted by Gasteiger charge is 2.19. The largest absolute Gasteiger partial charge is 0.496 e. The second-order valence-electron chi connectivity index (χ2n) is 6.94. The monoisotopic (exact) mass is 547 g/mol. The van der Waals surface area contributed by atoms with Crippen molar-refractivity contribution in [3.8, 4) is 5.75 Å². The molecular formula is C18H31I2NO2. The number of hydrogen-bond acceptors (Lipinski definition) is 3. The van der Waals surface area contributed by atoms with E-state index >= 15 is 0 Å². The number of rotatable bonds is 4. The van der Waals surface area contributed by atoms with E-state index in [9.17, 15) is 0 Å². The summed E-state index contributed by atoms with van der Waals surface area (Å²) < 4.78 is 11.1. The molecule has 0 aromatic heterocycles. The lowest BCUT2D eigenvalue weighted by Crippen LogP contribution is -2.37. The third-order valence-electron chi connectivity index (χ3n) is 4.22. The molecule has 0 saturated carbocycles. The molecule has 1 aromatic carbocycles. The molecule has 1 fully saturated rings. The minimum atomic E-state index is 0. The van der Waals surface area contributed by atoms with Gasteiger partial charge in [-0.2, -0.15) is 0 Å². The first-order chi connectivity index (χ1) is 9.91. The van der Waals surface area contributed by atoms with Gasteiger partial charge in [0.1, 0.15) is 5.75 Å². The Hall–Kier alpha value is 0.400. The Labute approximate surface area is 175 Å². The van der Waals surface area contributed by atoms with Gasteiger partial charge in [0.15, 0.2) is 0 Å². The van der Waals surface area contributed by atoms with Crippen LogP contribution in [-0.4, -0.2) is 44.9 Å². The molecule has 0 spiro atoms. The molecule has 0 aliphatic carbocycles. The standard InChI is InChI=1S/C18H29NO2.2HI/c1-14-12-16(18(2,3)4)13-15(17(14)20-5)6-7-19-8-10-21-11-9-19;;/h12-13H,6-11H2,1-5H3;2*1H. The first kappa shape index (κ1) is 23.4. The lowest BCUT2D eigenvalue weighted by Gasteiger charge is -2.27. The Bertz CT molecular complexity index is 481. The highest BCUT2D eigenvalue weighted by molar-refractivity contribution is 14.0. The molecule has 0 unspecified atom stereocenters. The van der Waals surface area contributed by atoms with Crippen molar-refractivity contribution >= 4 is 48.0 Å². The molecule has 1 saturated heterocycles. The predicted molar refractivity (Wildman–Crippen MR) is 118 cm³/mol. The molecule has 3 nitrogen and oxygen atoms in total. The molecular weight excluding hydrogens is 516 g/mol. The van der Waals surface area contributed by atoms with Crippen molar-refractivity contribution in [3.63, 3.8) is 0 Å². The number of hydrogen-bond donors (Lipinski definition) is 0. The molecule has 0 atom stereocenters. The van der Waals surface area contributed by atoms with Crippen molar-refractivity contribution < 1.29 is 9.47 Å². The third-order valence-corrected chi connectivity index (χ3v) is 4.22. The van der Waals surface area contributed by atoms with Gasteiger partial charge in [0, 0.05) is 19.6 Å². The van der Waals surface area contributed by atoms with Gasteiger partial charge in [-0.3, -0.25) is 4.90 Å². The second kappa shape index (κ2) is 10.4. The van der Waals surface area contributed by atoms with Crippen molar-refractivity contribution in [1.82, 2.24) is 4.90 Å². The first-order valence-corrected chi connectivity index (χ1v) is 7.90. The number of halogens is 2. The van der Waals surface area contributed by atoms with Gasteiger partial charge in [0.2, 0.25) is 0 Å². The van der Waals surface area contributed by atoms with E-state index in [4.69, 9.17) is 9.47 Å². The lowest BCUT2D eigenvalue weighted by atomic mass is 9.84. The topological polar surface area (TPSA) is 21.7 Å². The molecule has 0 bridgehead atoms. The van der Waals surface area contributed by atoms with Gasteiger partial charge in [-0.05, 0) is 35.4 Å². The highest BCUT2D eigenvalue weighted by atomic mass is 127. The smallest absolute Gasteiger partial charge is 0.125 e. The summed E-state index contributed by atoms with van der Waals surface area (Å²) in [7, 11) is 1.78. The maximum atomic E-state index is 5.64. The fourth-order valence-electron chi connectivity index (χ4n) is 2.86. The summed E-state index contributed by atoms with van der Waals surface area (Å²) in [4.78, 5) is 2.47. The van der Waals surface area contributed by atoms with Gasteiger partial charge >= 0.3 is 0 Å². The summed E-state index contributed by atoms with van der Waals surface area (Å²) in [6.07, 6.45) is 1.04. The maximum Gasteiger partial charge on any atom is 0.125 e. The van der Waals surface area contributed by atoms with Crippen LogP contribution < -0.4 is 4.74 Å². The van der Waals surface area contributed by atoms with E-state index in [1.54, 1.807) is 7.11 Å². The molecule has 2 rings (SSSR count). The van der Waals surface area contributed by atoms with Crippen LogP contribution in [0.5, 0.6) is 5.75 Å².